The summed E-state index contributed by atoms with van der Waals surface area (Å²) in [7, 11) is 0. The number of fused-ring (bicyclic) bond motifs is 1. The molecule has 5 rings (SSSR count). The molecule has 0 N–H and O–H groups in total. The van der Waals surface area contributed by atoms with Crippen molar-refractivity contribution in [3.63, 3.8) is 0 Å². The zero-order valence-electron chi connectivity index (χ0n) is 15.2. The van der Waals surface area contributed by atoms with Gasteiger partial charge in [0.15, 0.2) is 0 Å². The second-order valence-electron chi connectivity index (χ2n) is 7.52. The lowest BCUT2D eigenvalue weighted by Gasteiger charge is -2.35. The average Bonchev–Trinajstić information content (AvgIpc) is 3.47. The lowest BCUT2D eigenvalue weighted by Crippen LogP contribution is -2.40. The molecule has 1 fully saturated rings. The highest BCUT2D eigenvalue weighted by atomic mass is 16.2. The Morgan fingerprint density at radius 3 is 2.81 bits per heavy atom. The molecule has 2 aliphatic rings. The molecule has 0 spiro atoms. The van der Waals surface area contributed by atoms with Crippen LogP contribution < -0.4 is 0 Å². The van der Waals surface area contributed by atoms with E-state index in [-0.39, 0.29) is 11.8 Å². The maximum absolute atomic E-state index is 12.8. The molecule has 1 aliphatic carbocycles. The summed E-state index contributed by atoms with van der Waals surface area (Å²) in [6, 6.07) is 12.5. The van der Waals surface area contributed by atoms with Gasteiger partial charge in [-0.15, -0.1) is 0 Å². The van der Waals surface area contributed by atoms with E-state index in [2.05, 4.69) is 39.9 Å². The molecular weight excluding hydrogens is 336 g/mol. The molecule has 1 atom stereocenters. The molecule has 5 heteroatoms. The van der Waals surface area contributed by atoms with Crippen LogP contribution in [0.2, 0.25) is 0 Å². The number of carbonyl (C=O) groups excluding carboxylic acids is 1. The van der Waals surface area contributed by atoms with E-state index in [0.29, 0.717) is 19.0 Å². The number of hydrogen-bond acceptors (Lipinski definition) is 3. The van der Waals surface area contributed by atoms with Crippen LogP contribution in [0.5, 0.6) is 0 Å². The van der Waals surface area contributed by atoms with Crippen LogP contribution in [0, 0.1) is 5.92 Å². The summed E-state index contributed by atoms with van der Waals surface area (Å²) >= 11 is 0. The molecule has 3 heterocycles. The first-order valence-electron chi connectivity index (χ1n) is 9.56. The van der Waals surface area contributed by atoms with E-state index < -0.39 is 0 Å². The van der Waals surface area contributed by atoms with Gasteiger partial charge in [0.2, 0.25) is 5.91 Å². The van der Waals surface area contributed by atoms with Crippen molar-refractivity contribution >= 4 is 5.91 Å². The van der Waals surface area contributed by atoms with Gasteiger partial charge in [0.1, 0.15) is 5.82 Å². The first-order valence-corrected chi connectivity index (χ1v) is 9.56. The van der Waals surface area contributed by atoms with Gasteiger partial charge in [-0.2, -0.15) is 0 Å². The minimum absolute atomic E-state index is 0.101. The van der Waals surface area contributed by atoms with Crippen LogP contribution in [0.3, 0.4) is 0 Å². The number of amides is 1. The molecule has 0 bridgehead atoms. The number of aromatic nitrogens is 3. The Hall–Kier alpha value is -2.95. The topological polar surface area (TPSA) is 51.0 Å². The normalized spacial score (nSPS) is 19.0. The molecule has 27 heavy (non-hydrogen) atoms. The highest BCUT2D eigenvalue weighted by Gasteiger charge is 2.38. The van der Waals surface area contributed by atoms with Crippen LogP contribution >= 0.6 is 0 Å². The number of hydrogen-bond donors (Lipinski definition) is 0. The third-order valence-electron chi connectivity index (χ3n) is 5.57. The smallest absolute Gasteiger partial charge is 0.226 e. The lowest BCUT2D eigenvalue weighted by atomic mass is 9.88. The summed E-state index contributed by atoms with van der Waals surface area (Å²) in [5.41, 5.74) is 3.67. The molecule has 136 valence electrons. The van der Waals surface area contributed by atoms with Gasteiger partial charge in [-0.1, -0.05) is 30.3 Å². The molecule has 1 aliphatic heterocycles. The Labute approximate surface area is 158 Å². The molecule has 1 amide bonds. The van der Waals surface area contributed by atoms with Gasteiger partial charge >= 0.3 is 0 Å². The number of carbonyl (C=O) groups is 1. The maximum Gasteiger partial charge on any atom is 0.226 e. The van der Waals surface area contributed by atoms with Gasteiger partial charge in [0.05, 0.1) is 12.5 Å². The van der Waals surface area contributed by atoms with E-state index in [1.807, 2.05) is 29.6 Å². The van der Waals surface area contributed by atoms with Crippen molar-refractivity contribution in [3.05, 3.63) is 83.7 Å². The number of imidazole rings is 1. The first kappa shape index (κ1) is 16.2. The summed E-state index contributed by atoms with van der Waals surface area (Å²) in [4.78, 5) is 23.7. The number of benzene rings is 1. The van der Waals surface area contributed by atoms with Crippen molar-refractivity contribution in [1.29, 1.82) is 0 Å². The monoisotopic (exact) mass is 358 g/mol. The zero-order chi connectivity index (χ0) is 18.2. The minimum Gasteiger partial charge on any atom is -0.337 e. The van der Waals surface area contributed by atoms with E-state index in [1.54, 1.807) is 6.20 Å². The van der Waals surface area contributed by atoms with Crippen molar-refractivity contribution in [2.45, 2.75) is 31.8 Å². The number of rotatable bonds is 4. The Balaban J connectivity index is 1.50. The fourth-order valence-electron chi connectivity index (χ4n) is 4.04. The highest BCUT2D eigenvalue weighted by Crippen LogP contribution is 2.37. The summed E-state index contributed by atoms with van der Waals surface area (Å²) in [5, 5.41) is 0. The van der Waals surface area contributed by atoms with E-state index in [0.717, 1.165) is 30.8 Å². The van der Waals surface area contributed by atoms with Gasteiger partial charge in [0, 0.05) is 43.8 Å². The summed E-state index contributed by atoms with van der Waals surface area (Å²) in [5.74, 6) is 1.66. The predicted molar refractivity (Wildman–Crippen MR) is 102 cm³/mol. The van der Waals surface area contributed by atoms with E-state index in [1.165, 1.54) is 11.1 Å². The molecular formula is C22H22N4O. The van der Waals surface area contributed by atoms with Crippen molar-refractivity contribution in [3.8, 4) is 0 Å². The fourth-order valence-corrected chi connectivity index (χ4v) is 4.04. The molecule has 3 aromatic rings. The molecule has 2 aromatic heterocycles. The van der Waals surface area contributed by atoms with Gasteiger partial charge in [0.25, 0.3) is 0 Å². The van der Waals surface area contributed by atoms with E-state index >= 15 is 0 Å². The first-order chi connectivity index (χ1) is 13.3. The Morgan fingerprint density at radius 1 is 1.11 bits per heavy atom. The fraction of sp³-hybridized carbons (Fsp3) is 0.318. The van der Waals surface area contributed by atoms with Crippen LogP contribution in [0.4, 0.5) is 0 Å². The Kier molecular flexibility index (Phi) is 4.00. The maximum atomic E-state index is 12.8. The molecule has 5 nitrogen and oxygen atoms in total. The molecule has 1 aromatic carbocycles. The van der Waals surface area contributed by atoms with Crippen LogP contribution in [0.15, 0.2) is 61.2 Å². The minimum atomic E-state index is 0.101. The molecule has 1 saturated carbocycles. The van der Waals surface area contributed by atoms with Gasteiger partial charge in [-0.05, 0) is 35.6 Å². The Bertz CT molecular complexity index is 961. The quantitative estimate of drug-likeness (QED) is 0.720. The largest absolute Gasteiger partial charge is 0.337 e. The van der Waals surface area contributed by atoms with Crippen LogP contribution in [-0.2, 0) is 17.9 Å². The van der Waals surface area contributed by atoms with Crippen molar-refractivity contribution in [2.24, 2.45) is 5.92 Å². The SMILES string of the molecule is O=C(C1CC1)N1Cc2ccccc2[C@@H](c2nccn2Cc2cccnc2)C1. The van der Waals surface area contributed by atoms with Crippen LogP contribution in [-0.4, -0.2) is 31.9 Å². The summed E-state index contributed by atoms with van der Waals surface area (Å²) < 4.78 is 2.18. The van der Waals surface area contributed by atoms with Crippen molar-refractivity contribution in [2.75, 3.05) is 6.54 Å². The summed E-state index contributed by atoms with van der Waals surface area (Å²) in [6.45, 7) is 2.15. The van der Waals surface area contributed by atoms with Crippen LogP contribution in [0.25, 0.3) is 0 Å². The third-order valence-corrected chi connectivity index (χ3v) is 5.57. The summed E-state index contributed by atoms with van der Waals surface area (Å²) in [6.07, 6.45) is 9.63. The van der Waals surface area contributed by atoms with Gasteiger partial charge < -0.3 is 9.47 Å². The molecule has 0 saturated heterocycles. The Morgan fingerprint density at radius 2 is 2.00 bits per heavy atom. The standard InChI is InChI=1S/C22H22N4O/c27-22(17-7-8-17)26-14-18-5-1-2-6-19(18)20(15-26)21-24-10-11-25(21)13-16-4-3-9-23-12-16/h1-6,9-12,17,20H,7-8,13-15H2/t20-/m0/s1. The highest BCUT2D eigenvalue weighted by molar-refractivity contribution is 5.81. The lowest BCUT2D eigenvalue weighted by molar-refractivity contribution is -0.133. The third kappa shape index (κ3) is 3.14. The van der Waals surface area contributed by atoms with Crippen molar-refractivity contribution < 1.29 is 4.79 Å². The van der Waals surface area contributed by atoms with Crippen LogP contribution in [0.1, 0.15) is 41.3 Å². The van der Waals surface area contributed by atoms with E-state index in [9.17, 15) is 4.79 Å². The zero-order valence-corrected chi connectivity index (χ0v) is 15.2. The number of pyridine rings is 1. The van der Waals surface area contributed by atoms with Crippen molar-refractivity contribution in [1.82, 2.24) is 19.4 Å². The number of nitrogens with zero attached hydrogens (tertiary/aromatic N) is 4. The van der Waals surface area contributed by atoms with Gasteiger partial charge in [-0.25, -0.2) is 4.98 Å². The second kappa shape index (κ2) is 6.65. The second-order valence-corrected chi connectivity index (χ2v) is 7.52. The van der Waals surface area contributed by atoms with E-state index in [4.69, 9.17) is 4.98 Å². The molecule has 0 radical (unpaired) electrons. The average molecular weight is 358 g/mol. The molecule has 0 unspecified atom stereocenters. The van der Waals surface area contributed by atoms with Gasteiger partial charge in [-0.3, -0.25) is 9.78 Å². The predicted octanol–water partition coefficient (Wildman–Crippen LogP) is 3.21.